The van der Waals surface area contributed by atoms with Crippen LogP contribution in [0.5, 0.6) is 0 Å². The number of halogens is 2. The van der Waals surface area contributed by atoms with Crippen molar-refractivity contribution in [2.24, 2.45) is 0 Å². The zero-order valence-corrected chi connectivity index (χ0v) is 17.9. The van der Waals surface area contributed by atoms with E-state index in [0.717, 1.165) is 32.2 Å². The fraction of sp³-hybridized carbons (Fsp3) is 0. The van der Waals surface area contributed by atoms with Gasteiger partial charge in [-0.1, -0.05) is 48.5 Å². The Kier molecular flexibility index (Phi) is 6.26. The molecule has 3 heterocycles. The Hall–Kier alpha value is -1.94. The maximum Gasteiger partial charge on any atom is 0.0809 e. The summed E-state index contributed by atoms with van der Waals surface area (Å²) in [6, 6.07) is 29.1. The van der Waals surface area contributed by atoms with Crippen LogP contribution in [-0.4, -0.2) is 9.97 Å². The standard InChI is InChI=1S/C22H14N2S.2ClH.Fe/c1-3-7-17-15(5-1)9-11-19(23-17)21-13-14-22(25-21)20-12-10-16-6-2-4-8-18(16)24-20;;;/h1-14H;2*1H;/q;;;+2/p-2. The smallest absolute Gasteiger partial charge is 0.0809 e. The predicted octanol–water partition coefficient (Wildman–Crippen LogP) is 7.56. The average Bonchev–Trinajstić information content (AvgIpc) is 3.24. The van der Waals surface area contributed by atoms with E-state index in [0.29, 0.717) is 0 Å². The molecule has 0 unspecified atom stereocenters. The third kappa shape index (κ3) is 4.22. The van der Waals surface area contributed by atoms with E-state index >= 15 is 0 Å². The molecule has 0 bridgehead atoms. The van der Waals surface area contributed by atoms with E-state index in [1.165, 1.54) is 10.8 Å². The number of hydrogen-bond donors (Lipinski definition) is 0. The minimum atomic E-state index is 0.194. The third-order valence-corrected chi connectivity index (χ3v) is 5.44. The molecular formula is C22H14Cl2FeN2S. The van der Waals surface area contributed by atoms with Crippen LogP contribution in [0, 0.1) is 0 Å². The van der Waals surface area contributed by atoms with Gasteiger partial charge in [0.25, 0.3) is 0 Å². The molecule has 0 aliphatic heterocycles. The molecule has 140 valence electrons. The number of rotatable bonds is 2. The van der Waals surface area contributed by atoms with Crippen LogP contribution in [0.2, 0.25) is 0 Å². The summed E-state index contributed by atoms with van der Waals surface area (Å²) in [5.74, 6) is 0. The molecule has 6 heteroatoms. The summed E-state index contributed by atoms with van der Waals surface area (Å²) in [6.07, 6.45) is 0. The van der Waals surface area contributed by atoms with Crippen molar-refractivity contribution in [2.75, 3.05) is 0 Å². The Balaban J connectivity index is 0.000000604. The van der Waals surface area contributed by atoms with E-state index in [9.17, 15) is 0 Å². The summed E-state index contributed by atoms with van der Waals surface area (Å²) in [7, 11) is 9.53. The van der Waals surface area contributed by atoms with Crippen LogP contribution >= 0.6 is 31.5 Å². The quantitative estimate of drug-likeness (QED) is 0.252. The molecule has 0 aliphatic carbocycles. The van der Waals surface area contributed by atoms with E-state index < -0.39 is 0 Å². The number of para-hydroxylation sites is 2. The fourth-order valence-corrected chi connectivity index (χ4v) is 3.97. The Morgan fingerprint density at radius 3 is 1.46 bits per heavy atom. The van der Waals surface area contributed by atoms with Crippen LogP contribution in [0.3, 0.4) is 0 Å². The van der Waals surface area contributed by atoms with E-state index in [-0.39, 0.29) is 13.1 Å². The molecule has 0 radical (unpaired) electrons. The summed E-state index contributed by atoms with van der Waals surface area (Å²) in [6.45, 7) is 0. The van der Waals surface area contributed by atoms with Gasteiger partial charge in [0.1, 0.15) is 0 Å². The topological polar surface area (TPSA) is 25.8 Å². The van der Waals surface area contributed by atoms with E-state index in [1.54, 1.807) is 11.3 Å². The van der Waals surface area contributed by atoms with Gasteiger partial charge in [0.15, 0.2) is 0 Å². The number of thiophene rings is 1. The van der Waals surface area contributed by atoms with Crippen LogP contribution in [0.15, 0.2) is 84.9 Å². The Morgan fingerprint density at radius 1 is 0.571 bits per heavy atom. The Bertz CT molecular complexity index is 1150. The van der Waals surface area contributed by atoms with Crippen molar-refractivity contribution >= 4 is 53.3 Å². The average molecular weight is 465 g/mol. The number of benzene rings is 2. The van der Waals surface area contributed by atoms with Gasteiger partial charge in [-0.05, 0) is 36.4 Å². The van der Waals surface area contributed by atoms with E-state index in [1.807, 2.05) is 24.3 Å². The fourth-order valence-electron chi connectivity index (χ4n) is 3.02. The first kappa shape index (κ1) is 19.4. The second-order valence-electron chi connectivity index (χ2n) is 5.99. The number of pyridine rings is 2. The van der Waals surface area contributed by atoms with Gasteiger partial charge in [-0.3, -0.25) is 0 Å². The van der Waals surface area contributed by atoms with Gasteiger partial charge in [0.05, 0.1) is 32.2 Å². The largest absolute Gasteiger partial charge is 0.247 e. The van der Waals surface area contributed by atoms with Crippen LogP contribution in [0.4, 0.5) is 0 Å². The molecule has 0 N–H and O–H groups in total. The Labute approximate surface area is 181 Å². The zero-order valence-electron chi connectivity index (χ0n) is 14.5. The first-order valence-corrected chi connectivity index (χ1v) is 12.3. The molecular weight excluding hydrogens is 451 g/mol. The van der Waals surface area contributed by atoms with E-state index in [4.69, 9.17) is 30.2 Å². The molecule has 0 spiro atoms. The number of aromatic nitrogens is 2. The first-order valence-electron chi connectivity index (χ1n) is 8.46. The van der Waals surface area contributed by atoms with Gasteiger partial charge in [-0.15, -0.1) is 11.3 Å². The summed E-state index contributed by atoms with van der Waals surface area (Å²) >= 11 is 1.93. The first-order chi connectivity index (χ1) is 13.8. The van der Waals surface area contributed by atoms with Gasteiger partial charge in [0, 0.05) is 10.8 Å². The maximum absolute atomic E-state index is 4.79. The van der Waals surface area contributed by atoms with Gasteiger partial charge in [-0.25, -0.2) is 9.97 Å². The number of hydrogen-bond acceptors (Lipinski definition) is 3. The Morgan fingerprint density at radius 2 is 1.00 bits per heavy atom. The molecule has 0 atom stereocenters. The molecule has 5 rings (SSSR count). The monoisotopic (exact) mass is 464 g/mol. The van der Waals surface area contributed by atoms with Crippen LogP contribution in [0.1, 0.15) is 0 Å². The number of nitrogens with zero attached hydrogens (tertiary/aromatic N) is 2. The maximum atomic E-state index is 4.79. The summed E-state index contributed by atoms with van der Waals surface area (Å²) in [5.41, 5.74) is 4.07. The normalized spacial score (nSPS) is 10.8. The minimum absolute atomic E-state index is 0.194. The van der Waals surface area contributed by atoms with Gasteiger partial charge >= 0.3 is 33.3 Å². The number of fused-ring (bicyclic) bond motifs is 2. The van der Waals surface area contributed by atoms with Gasteiger partial charge in [0.2, 0.25) is 0 Å². The van der Waals surface area contributed by atoms with Gasteiger partial charge in [-0.2, -0.15) is 0 Å². The SMILES string of the molecule is [Cl][Fe][Cl].c1ccc2nc(-c3ccc(-c4ccc5ccccc5n4)s3)ccc2c1. The van der Waals surface area contributed by atoms with Crippen molar-refractivity contribution in [3.63, 3.8) is 0 Å². The van der Waals surface area contributed by atoms with Crippen LogP contribution in [0.25, 0.3) is 42.9 Å². The molecule has 0 saturated carbocycles. The molecule has 2 aromatic carbocycles. The molecule has 0 amide bonds. The van der Waals surface area contributed by atoms with Crippen molar-refractivity contribution in [2.45, 2.75) is 0 Å². The molecule has 0 saturated heterocycles. The summed E-state index contributed by atoms with van der Waals surface area (Å²) < 4.78 is 0. The molecule has 28 heavy (non-hydrogen) atoms. The second-order valence-corrected chi connectivity index (χ2v) is 8.90. The second kappa shape index (κ2) is 9.04. The predicted molar refractivity (Wildman–Crippen MR) is 117 cm³/mol. The molecule has 3 aromatic heterocycles. The molecule has 0 aliphatic rings. The molecule has 5 aromatic rings. The van der Waals surface area contributed by atoms with Gasteiger partial charge < -0.3 is 0 Å². The van der Waals surface area contributed by atoms with Crippen LogP contribution < -0.4 is 0 Å². The molecule has 0 fully saturated rings. The van der Waals surface area contributed by atoms with Crippen LogP contribution in [-0.2, 0) is 13.1 Å². The van der Waals surface area contributed by atoms with Crippen molar-refractivity contribution in [3.05, 3.63) is 84.9 Å². The van der Waals surface area contributed by atoms with Crippen molar-refractivity contribution in [3.8, 4) is 21.1 Å². The van der Waals surface area contributed by atoms with E-state index in [2.05, 4.69) is 60.7 Å². The summed E-state index contributed by atoms with van der Waals surface area (Å²) in [4.78, 5) is 11.9. The zero-order chi connectivity index (χ0) is 19.3. The third-order valence-electron chi connectivity index (χ3n) is 4.31. The summed E-state index contributed by atoms with van der Waals surface area (Å²) in [5, 5.41) is 2.33. The van der Waals surface area contributed by atoms with Crippen molar-refractivity contribution < 1.29 is 13.1 Å². The minimum Gasteiger partial charge on any atom is -0.247 e. The van der Waals surface area contributed by atoms with Crippen molar-refractivity contribution in [1.29, 1.82) is 0 Å². The van der Waals surface area contributed by atoms with Crippen molar-refractivity contribution in [1.82, 2.24) is 9.97 Å². The molecule has 2 nitrogen and oxygen atoms in total.